The molecule has 1 unspecified atom stereocenters. The molecule has 2 aliphatic carbocycles. The van der Waals surface area contributed by atoms with Gasteiger partial charge in [-0.3, -0.25) is 4.79 Å². The van der Waals surface area contributed by atoms with Crippen LogP contribution in [0.25, 0.3) is 0 Å². The van der Waals surface area contributed by atoms with Crippen LogP contribution >= 0.6 is 11.6 Å². The van der Waals surface area contributed by atoms with Crippen molar-refractivity contribution < 1.29 is 9.90 Å². The van der Waals surface area contributed by atoms with Crippen LogP contribution in [0.3, 0.4) is 0 Å². The third kappa shape index (κ3) is 2.10. The molecule has 4 rings (SSSR count). The van der Waals surface area contributed by atoms with Gasteiger partial charge in [-0.15, -0.1) is 0 Å². The summed E-state index contributed by atoms with van der Waals surface area (Å²) in [5.74, 6) is 0.226. The minimum Gasteiger partial charge on any atom is -0.388 e. The standard InChI is InChI=1S/C18H22ClNO2/c19-14-6-4-13(5-7-14)17(8-2-9-17)16(21)20-12-1-3-15(20)18(22)10-11-18/h4-7,15,22H,1-3,8-12H2. The third-order valence-electron chi connectivity index (χ3n) is 5.91. The summed E-state index contributed by atoms with van der Waals surface area (Å²) in [4.78, 5) is 15.3. The molecule has 1 amide bonds. The van der Waals surface area contributed by atoms with Gasteiger partial charge in [0, 0.05) is 11.6 Å². The van der Waals surface area contributed by atoms with Crippen molar-refractivity contribution in [2.24, 2.45) is 0 Å². The zero-order valence-electron chi connectivity index (χ0n) is 12.7. The van der Waals surface area contributed by atoms with Crippen molar-refractivity contribution in [3.63, 3.8) is 0 Å². The van der Waals surface area contributed by atoms with Crippen LogP contribution in [0.2, 0.25) is 5.02 Å². The lowest BCUT2D eigenvalue weighted by molar-refractivity contribution is -0.144. The van der Waals surface area contributed by atoms with E-state index in [2.05, 4.69) is 0 Å². The normalized spacial score (nSPS) is 28.3. The molecule has 1 aliphatic heterocycles. The molecular weight excluding hydrogens is 298 g/mol. The zero-order valence-corrected chi connectivity index (χ0v) is 13.5. The summed E-state index contributed by atoms with van der Waals surface area (Å²) in [6, 6.07) is 7.78. The van der Waals surface area contributed by atoms with Gasteiger partial charge in [0.1, 0.15) is 0 Å². The molecule has 1 saturated heterocycles. The highest BCUT2D eigenvalue weighted by Crippen LogP contribution is 2.50. The molecule has 3 aliphatic rings. The van der Waals surface area contributed by atoms with E-state index in [1.165, 1.54) is 0 Å². The molecule has 1 aromatic carbocycles. The predicted octanol–water partition coefficient (Wildman–Crippen LogP) is 3.28. The molecule has 4 heteroatoms. The fourth-order valence-corrected chi connectivity index (χ4v) is 4.36. The smallest absolute Gasteiger partial charge is 0.233 e. The zero-order chi connectivity index (χ0) is 15.4. The Morgan fingerprint density at radius 1 is 1.14 bits per heavy atom. The van der Waals surface area contributed by atoms with Gasteiger partial charge in [-0.05, 0) is 56.2 Å². The lowest BCUT2D eigenvalue weighted by atomic mass is 9.63. The van der Waals surface area contributed by atoms with Gasteiger partial charge in [-0.25, -0.2) is 0 Å². The number of hydrogen-bond donors (Lipinski definition) is 1. The van der Waals surface area contributed by atoms with E-state index in [9.17, 15) is 9.90 Å². The highest BCUT2D eigenvalue weighted by molar-refractivity contribution is 6.30. The highest BCUT2D eigenvalue weighted by Gasteiger charge is 2.56. The van der Waals surface area contributed by atoms with Gasteiger partial charge < -0.3 is 10.0 Å². The Morgan fingerprint density at radius 3 is 2.36 bits per heavy atom. The second-order valence-electron chi connectivity index (χ2n) is 7.20. The first-order valence-electron chi connectivity index (χ1n) is 8.35. The Balaban J connectivity index is 1.63. The van der Waals surface area contributed by atoms with E-state index in [4.69, 9.17) is 11.6 Å². The number of benzene rings is 1. The lowest BCUT2D eigenvalue weighted by Crippen LogP contribution is -2.55. The number of rotatable bonds is 3. The van der Waals surface area contributed by atoms with Crippen LogP contribution in [-0.2, 0) is 10.2 Å². The van der Waals surface area contributed by atoms with Gasteiger partial charge in [0.25, 0.3) is 0 Å². The minimum atomic E-state index is -0.600. The summed E-state index contributed by atoms with van der Waals surface area (Å²) in [6.07, 6.45) is 6.56. The average Bonchev–Trinajstić information content (AvgIpc) is 3.02. The number of amides is 1. The Bertz CT molecular complexity index is 590. The molecule has 0 radical (unpaired) electrons. The van der Waals surface area contributed by atoms with E-state index in [0.717, 1.165) is 57.1 Å². The van der Waals surface area contributed by atoms with E-state index >= 15 is 0 Å². The van der Waals surface area contributed by atoms with Crippen molar-refractivity contribution in [2.45, 2.75) is 62.0 Å². The van der Waals surface area contributed by atoms with E-state index in [1.807, 2.05) is 29.2 Å². The van der Waals surface area contributed by atoms with E-state index in [0.29, 0.717) is 5.02 Å². The van der Waals surface area contributed by atoms with Gasteiger partial charge in [0.05, 0.1) is 17.1 Å². The average molecular weight is 320 g/mol. The van der Waals surface area contributed by atoms with Gasteiger partial charge in [0.15, 0.2) is 0 Å². The molecule has 0 bridgehead atoms. The summed E-state index contributed by atoms with van der Waals surface area (Å²) in [7, 11) is 0. The summed E-state index contributed by atoms with van der Waals surface area (Å²) in [6.45, 7) is 0.793. The quantitative estimate of drug-likeness (QED) is 0.929. The number of aliphatic hydroxyl groups is 1. The molecule has 1 heterocycles. The molecule has 1 atom stereocenters. The Morgan fingerprint density at radius 2 is 1.82 bits per heavy atom. The van der Waals surface area contributed by atoms with Gasteiger partial charge in [-0.2, -0.15) is 0 Å². The number of likely N-dealkylation sites (tertiary alicyclic amines) is 1. The fourth-order valence-electron chi connectivity index (χ4n) is 4.23. The molecule has 0 aromatic heterocycles. The Hall–Kier alpha value is -1.06. The summed E-state index contributed by atoms with van der Waals surface area (Å²) >= 11 is 5.99. The first-order chi connectivity index (χ1) is 10.6. The first-order valence-corrected chi connectivity index (χ1v) is 8.73. The van der Waals surface area contributed by atoms with Gasteiger partial charge in [0.2, 0.25) is 5.91 Å². The largest absolute Gasteiger partial charge is 0.388 e. The third-order valence-corrected chi connectivity index (χ3v) is 6.16. The molecule has 3 fully saturated rings. The molecule has 1 N–H and O–H groups in total. The van der Waals surface area contributed by atoms with Crippen molar-refractivity contribution in [1.29, 1.82) is 0 Å². The number of nitrogens with zero attached hydrogens (tertiary/aromatic N) is 1. The maximum Gasteiger partial charge on any atom is 0.233 e. The topological polar surface area (TPSA) is 40.5 Å². The Labute approximate surface area is 136 Å². The van der Waals surface area contributed by atoms with Crippen LogP contribution in [0, 0.1) is 0 Å². The van der Waals surface area contributed by atoms with E-state index < -0.39 is 5.60 Å². The monoisotopic (exact) mass is 319 g/mol. The van der Waals surface area contributed by atoms with E-state index in [-0.39, 0.29) is 17.4 Å². The van der Waals surface area contributed by atoms with Crippen molar-refractivity contribution in [3.05, 3.63) is 34.9 Å². The number of carbonyl (C=O) groups excluding carboxylic acids is 1. The van der Waals surface area contributed by atoms with Gasteiger partial charge >= 0.3 is 0 Å². The van der Waals surface area contributed by atoms with Crippen molar-refractivity contribution >= 4 is 17.5 Å². The number of hydrogen-bond acceptors (Lipinski definition) is 2. The van der Waals surface area contributed by atoms with Crippen LogP contribution in [0.15, 0.2) is 24.3 Å². The maximum absolute atomic E-state index is 13.3. The van der Waals surface area contributed by atoms with Gasteiger partial charge in [-0.1, -0.05) is 30.2 Å². The predicted molar refractivity (Wildman–Crippen MR) is 85.9 cm³/mol. The molecule has 0 spiro atoms. The number of carbonyl (C=O) groups is 1. The van der Waals surface area contributed by atoms with Crippen LogP contribution in [-0.4, -0.2) is 34.1 Å². The van der Waals surface area contributed by atoms with Crippen molar-refractivity contribution in [1.82, 2.24) is 4.90 Å². The lowest BCUT2D eigenvalue weighted by Gasteiger charge is -2.45. The van der Waals surface area contributed by atoms with Crippen LogP contribution in [0.1, 0.15) is 50.5 Å². The number of halogens is 1. The van der Waals surface area contributed by atoms with Crippen LogP contribution in [0.4, 0.5) is 0 Å². The summed E-state index contributed by atoms with van der Waals surface area (Å²) < 4.78 is 0. The molecule has 3 nitrogen and oxygen atoms in total. The molecule has 22 heavy (non-hydrogen) atoms. The van der Waals surface area contributed by atoms with Crippen molar-refractivity contribution in [2.75, 3.05) is 6.54 Å². The Kier molecular flexibility index (Phi) is 3.28. The van der Waals surface area contributed by atoms with Crippen LogP contribution in [0.5, 0.6) is 0 Å². The molecule has 118 valence electrons. The molecule has 1 aromatic rings. The maximum atomic E-state index is 13.3. The summed E-state index contributed by atoms with van der Waals surface area (Å²) in [5.41, 5.74) is 0.108. The SMILES string of the molecule is O=C(N1CCCC1C1(O)CC1)C1(c2ccc(Cl)cc2)CCC1. The second kappa shape index (κ2) is 4.97. The molecule has 2 saturated carbocycles. The van der Waals surface area contributed by atoms with E-state index in [1.54, 1.807) is 0 Å². The minimum absolute atomic E-state index is 0.0322. The van der Waals surface area contributed by atoms with Crippen molar-refractivity contribution in [3.8, 4) is 0 Å². The van der Waals surface area contributed by atoms with Crippen LogP contribution < -0.4 is 0 Å². The first kappa shape index (κ1) is 14.5. The highest BCUT2D eigenvalue weighted by atomic mass is 35.5. The second-order valence-corrected chi connectivity index (χ2v) is 7.64. The molecular formula is C18H22ClNO2. The summed E-state index contributed by atoms with van der Waals surface area (Å²) in [5, 5.41) is 11.2. The fraction of sp³-hybridized carbons (Fsp3) is 0.611.